The predicted octanol–water partition coefficient (Wildman–Crippen LogP) is 1.78. The second kappa shape index (κ2) is 7.83. The van der Waals surface area contributed by atoms with Gasteiger partial charge in [-0.25, -0.2) is 4.79 Å². The Kier molecular flexibility index (Phi) is 5.33. The molecule has 2 N–H and O–H groups in total. The molecule has 1 aliphatic carbocycles. The van der Waals surface area contributed by atoms with Crippen LogP contribution in [0.3, 0.4) is 0 Å². The van der Waals surface area contributed by atoms with Crippen molar-refractivity contribution in [2.45, 2.75) is 31.8 Å². The van der Waals surface area contributed by atoms with Crippen molar-refractivity contribution in [1.82, 2.24) is 20.4 Å². The normalized spacial score (nSPS) is 16.0. The van der Waals surface area contributed by atoms with Gasteiger partial charge in [-0.3, -0.25) is 9.48 Å². The monoisotopic (exact) mass is 342 g/mol. The Morgan fingerprint density at radius 2 is 2.12 bits per heavy atom. The van der Waals surface area contributed by atoms with Crippen LogP contribution < -0.4 is 10.6 Å². The molecule has 25 heavy (non-hydrogen) atoms. The quantitative estimate of drug-likeness (QED) is 0.867. The molecule has 1 aromatic heterocycles. The zero-order valence-electron chi connectivity index (χ0n) is 14.2. The fourth-order valence-electron chi connectivity index (χ4n) is 3.13. The molecular weight excluding hydrogens is 320 g/mol. The van der Waals surface area contributed by atoms with Crippen molar-refractivity contribution >= 4 is 12.0 Å². The lowest BCUT2D eigenvalue weighted by Gasteiger charge is -2.24. The van der Waals surface area contributed by atoms with Crippen LogP contribution in [0.15, 0.2) is 36.5 Å². The number of hydrogen-bond donors (Lipinski definition) is 2. The third-order valence-electron chi connectivity index (χ3n) is 4.35. The van der Waals surface area contributed by atoms with E-state index in [0.717, 1.165) is 31.4 Å². The zero-order valence-corrected chi connectivity index (χ0v) is 14.2. The summed E-state index contributed by atoms with van der Waals surface area (Å²) in [5.74, 6) is -0.237. The molecule has 1 atom stereocenters. The topological polar surface area (TPSA) is 85.2 Å². The Bertz CT molecular complexity index is 742. The second-order valence-electron chi connectivity index (χ2n) is 6.05. The van der Waals surface area contributed by atoms with E-state index < -0.39 is 6.09 Å². The summed E-state index contributed by atoms with van der Waals surface area (Å²) < 4.78 is 6.47. The minimum Gasteiger partial charge on any atom is -0.453 e. The third-order valence-corrected chi connectivity index (χ3v) is 4.35. The van der Waals surface area contributed by atoms with E-state index in [4.69, 9.17) is 0 Å². The van der Waals surface area contributed by atoms with E-state index in [1.165, 1.54) is 18.4 Å². The molecule has 2 amide bonds. The SMILES string of the molecule is COC(=O)NCC(=O)NC1CCCc2c1cnn2Cc1ccccc1. The third kappa shape index (κ3) is 4.17. The van der Waals surface area contributed by atoms with E-state index in [1.807, 2.05) is 29.1 Å². The number of fused-ring (bicyclic) bond motifs is 1. The molecule has 132 valence electrons. The number of methoxy groups -OCH3 is 1. The van der Waals surface area contributed by atoms with Crippen LogP contribution in [0.25, 0.3) is 0 Å². The van der Waals surface area contributed by atoms with Gasteiger partial charge in [0.05, 0.1) is 25.9 Å². The highest BCUT2D eigenvalue weighted by atomic mass is 16.5. The molecule has 1 aliphatic rings. The van der Waals surface area contributed by atoms with Crippen LogP contribution in [0, 0.1) is 0 Å². The average molecular weight is 342 g/mol. The Balaban J connectivity index is 1.66. The van der Waals surface area contributed by atoms with E-state index in [0.29, 0.717) is 0 Å². The molecule has 1 unspecified atom stereocenters. The van der Waals surface area contributed by atoms with Crippen LogP contribution in [0.2, 0.25) is 0 Å². The zero-order chi connectivity index (χ0) is 17.6. The van der Waals surface area contributed by atoms with Gasteiger partial charge >= 0.3 is 6.09 Å². The van der Waals surface area contributed by atoms with Crippen LogP contribution >= 0.6 is 0 Å². The highest BCUT2D eigenvalue weighted by Gasteiger charge is 2.25. The van der Waals surface area contributed by atoms with Gasteiger partial charge < -0.3 is 15.4 Å². The number of ether oxygens (including phenoxy) is 1. The summed E-state index contributed by atoms with van der Waals surface area (Å²) in [6.07, 6.45) is 4.04. The van der Waals surface area contributed by atoms with Crippen molar-refractivity contribution in [2.75, 3.05) is 13.7 Å². The van der Waals surface area contributed by atoms with E-state index in [-0.39, 0.29) is 18.5 Å². The molecule has 0 fully saturated rings. The minimum absolute atomic E-state index is 0.0692. The molecule has 0 bridgehead atoms. The van der Waals surface area contributed by atoms with E-state index in [9.17, 15) is 9.59 Å². The predicted molar refractivity (Wildman–Crippen MR) is 92.0 cm³/mol. The van der Waals surface area contributed by atoms with Crippen molar-refractivity contribution in [1.29, 1.82) is 0 Å². The van der Waals surface area contributed by atoms with Crippen LogP contribution in [0.4, 0.5) is 4.79 Å². The number of nitrogens with one attached hydrogen (secondary N) is 2. The van der Waals surface area contributed by atoms with Crippen LogP contribution in [-0.4, -0.2) is 35.4 Å². The first kappa shape index (κ1) is 17.0. The van der Waals surface area contributed by atoms with Crippen molar-refractivity contribution in [3.05, 3.63) is 53.3 Å². The highest BCUT2D eigenvalue weighted by Crippen LogP contribution is 2.29. The molecule has 0 spiro atoms. The molecular formula is C18H22N4O3. The second-order valence-corrected chi connectivity index (χ2v) is 6.05. The number of hydrogen-bond acceptors (Lipinski definition) is 4. The van der Waals surface area contributed by atoms with Gasteiger partial charge in [-0.1, -0.05) is 30.3 Å². The summed E-state index contributed by atoms with van der Waals surface area (Å²) in [6, 6.07) is 10.1. The van der Waals surface area contributed by atoms with Gasteiger partial charge in [0.2, 0.25) is 5.91 Å². The van der Waals surface area contributed by atoms with Crippen LogP contribution in [0.5, 0.6) is 0 Å². The van der Waals surface area contributed by atoms with E-state index in [2.05, 4.69) is 32.6 Å². The lowest BCUT2D eigenvalue weighted by Crippen LogP contribution is -2.39. The number of nitrogens with zero attached hydrogens (tertiary/aromatic N) is 2. The van der Waals surface area contributed by atoms with Crippen molar-refractivity contribution in [3.8, 4) is 0 Å². The molecule has 0 saturated carbocycles. The molecule has 0 aliphatic heterocycles. The summed E-state index contributed by atoms with van der Waals surface area (Å²) in [6.45, 7) is 0.622. The molecule has 0 saturated heterocycles. The van der Waals surface area contributed by atoms with Gasteiger partial charge in [-0.05, 0) is 24.8 Å². The van der Waals surface area contributed by atoms with Gasteiger partial charge in [0.1, 0.15) is 6.54 Å². The van der Waals surface area contributed by atoms with Crippen molar-refractivity contribution < 1.29 is 14.3 Å². The molecule has 7 nitrogen and oxygen atoms in total. The van der Waals surface area contributed by atoms with Gasteiger partial charge in [-0.15, -0.1) is 0 Å². The van der Waals surface area contributed by atoms with Crippen molar-refractivity contribution in [2.24, 2.45) is 0 Å². The first-order valence-electron chi connectivity index (χ1n) is 8.37. The lowest BCUT2D eigenvalue weighted by molar-refractivity contribution is -0.121. The van der Waals surface area contributed by atoms with Gasteiger partial charge in [-0.2, -0.15) is 5.10 Å². The number of aromatic nitrogens is 2. The highest BCUT2D eigenvalue weighted by molar-refractivity contribution is 5.82. The standard InChI is InChI=1S/C18H22N4O3/c1-25-18(24)19-11-17(23)21-15-8-5-9-16-14(15)10-20-22(16)12-13-6-3-2-4-7-13/h2-4,6-7,10,15H,5,8-9,11-12H2,1H3,(H,19,24)(H,21,23). The summed E-state index contributed by atoms with van der Waals surface area (Å²) in [4.78, 5) is 23.1. The molecule has 1 aromatic carbocycles. The smallest absolute Gasteiger partial charge is 0.407 e. The first-order chi connectivity index (χ1) is 12.2. The fraction of sp³-hybridized carbons (Fsp3) is 0.389. The first-order valence-corrected chi connectivity index (χ1v) is 8.37. The van der Waals surface area contributed by atoms with E-state index >= 15 is 0 Å². The summed E-state index contributed by atoms with van der Waals surface area (Å²) in [7, 11) is 1.27. The Hall–Kier alpha value is -2.83. The number of carbonyl (C=O) groups is 2. The number of alkyl carbamates (subject to hydrolysis) is 1. The number of carbonyl (C=O) groups excluding carboxylic acids is 2. The Morgan fingerprint density at radius 3 is 2.88 bits per heavy atom. The number of benzene rings is 1. The molecule has 2 aromatic rings. The van der Waals surface area contributed by atoms with Gasteiger partial charge in [0.15, 0.2) is 0 Å². The maximum atomic E-state index is 12.0. The Labute approximate surface area is 146 Å². The molecule has 1 heterocycles. The van der Waals surface area contributed by atoms with Gasteiger partial charge in [0.25, 0.3) is 0 Å². The molecule has 3 rings (SSSR count). The molecule has 0 radical (unpaired) electrons. The molecule has 7 heteroatoms. The number of amides is 2. The average Bonchev–Trinajstić information content (AvgIpc) is 3.04. The number of rotatable bonds is 5. The lowest BCUT2D eigenvalue weighted by atomic mass is 9.93. The summed E-state index contributed by atoms with van der Waals surface area (Å²) in [5.41, 5.74) is 3.43. The largest absolute Gasteiger partial charge is 0.453 e. The van der Waals surface area contributed by atoms with Crippen molar-refractivity contribution in [3.63, 3.8) is 0 Å². The fourth-order valence-corrected chi connectivity index (χ4v) is 3.13. The summed E-state index contributed by atoms with van der Waals surface area (Å²) in [5, 5.41) is 9.87. The summed E-state index contributed by atoms with van der Waals surface area (Å²) >= 11 is 0. The minimum atomic E-state index is -0.616. The maximum absolute atomic E-state index is 12.0. The van der Waals surface area contributed by atoms with Gasteiger partial charge in [0, 0.05) is 11.3 Å². The van der Waals surface area contributed by atoms with Crippen LogP contribution in [-0.2, 0) is 22.5 Å². The van der Waals surface area contributed by atoms with E-state index in [1.54, 1.807) is 0 Å². The Morgan fingerprint density at radius 1 is 1.32 bits per heavy atom. The maximum Gasteiger partial charge on any atom is 0.407 e. The van der Waals surface area contributed by atoms with Crippen LogP contribution in [0.1, 0.15) is 35.7 Å².